The van der Waals surface area contributed by atoms with Gasteiger partial charge in [-0.05, 0) is 42.0 Å². The topological polar surface area (TPSA) is 68.3 Å². The van der Waals surface area contributed by atoms with Crippen LogP contribution in [0.1, 0.15) is 9.67 Å². The monoisotopic (exact) mass is 390 g/mol. The van der Waals surface area contributed by atoms with Crippen molar-refractivity contribution in [3.63, 3.8) is 0 Å². The summed E-state index contributed by atoms with van der Waals surface area (Å²) in [6, 6.07) is 12.5. The van der Waals surface area contributed by atoms with E-state index in [2.05, 4.69) is 10.3 Å². The molecule has 2 aromatic heterocycles. The highest BCUT2D eigenvalue weighted by molar-refractivity contribution is 7.17. The Bertz CT molecular complexity index is 944. The van der Waals surface area contributed by atoms with Gasteiger partial charge in [-0.1, -0.05) is 23.7 Å². The average molecular weight is 391 g/mol. The molecule has 2 heterocycles. The van der Waals surface area contributed by atoms with E-state index in [9.17, 15) is 14.0 Å². The number of nitrogens with one attached hydrogen (secondary N) is 1. The highest BCUT2D eigenvalue weighted by atomic mass is 35.5. The zero-order valence-corrected chi connectivity index (χ0v) is 14.8. The molecule has 1 amide bonds. The molecule has 0 spiro atoms. The van der Waals surface area contributed by atoms with Crippen molar-refractivity contribution in [2.45, 2.75) is 0 Å². The van der Waals surface area contributed by atoms with E-state index in [1.165, 1.54) is 29.7 Å². The van der Waals surface area contributed by atoms with Gasteiger partial charge in [-0.15, -0.1) is 11.3 Å². The number of halogens is 2. The minimum Gasteiger partial charge on any atom is -0.451 e. The van der Waals surface area contributed by atoms with E-state index in [0.29, 0.717) is 10.6 Å². The van der Waals surface area contributed by atoms with Gasteiger partial charge in [0.1, 0.15) is 10.7 Å². The first-order valence-electron chi connectivity index (χ1n) is 7.46. The van der Waals surface area contributed by atoms with Crippen molar-refractivity contribution in [1.82, 2.24) is 4.98 Å². The second-order valence-electron chi connectivity index (χ2n) is 5.14. The number of pyridine rings is 1. The van der Waals surface area contributed by atoms with Gasteiger partial charge in [-0.2, -0.15) is 0 Å². The van der Waals surface area contributed by atoms with E-state index in [1.54, 1.807) is 36.4 Å². The third-order valence-corrected chi connectivity index (χ3v) is 4.72. The Morgan fingerprint density at radius 3 is 2.65 bits per heavy atom. The predicted octanol–water partition coefficient (Wildman–Crippen LogP) is 4.40. The van der Waals surface area contributed by atoms with Gasteiger partial charge in [0.15, 0.2) is 11.8 Å². The summed E-state index contributed by atoms with van der Waals surface area (Å²) in [6.07, 6.45) is 1.49. The maximum atomic E-state index is 13.0. The van der Waals surface area contributed by atoms with Crippen LogP contribution in [0.2, 0.25) is 5.15 Å². The van der Waals surface area contributed by atoms with Crippen molar-refractivity contribution in [2.24, 2.45) is 0 Å². The van der Waals surface area contributed by atoms with Crippen LogP contribution in [0, 0.1) is 5.82 Å². The number of carbonyl (C=O) groups excluding carboxylic acids is 2. The van der Waals surface area contributed by atoms with E-state index < -0.39 is 18.5 Å². The Morgan fingerprint density at radius 2 is 1.92 bits per heavy atom. The lowest BCUT2D eigenvalue weighted by Gasteiger charge is -2.06. The van der Waals surface area contributed by atoms with Crippen molar-refractivity contribution < 1.29 is 18.7 Å². The number of ether oxygens (including phenoxy) is 1. The molecule has 0 aliphatic rings. The van der Waals surface area contributed by atoms with Gasteiger partial charge >= 0.3 is 5.97 Å². The van der Waals surface area contributed by atoms with Crippen LogP contribution in [0.25, 0.3) is 10.4 Å². The fraction of sp³-hybridized carbons (Fsp3) is 0.0556. The molecule has 0 bridgehead atoms. The largest absolute Gasteiger partial charge is 0.451 e. The molecule has 26 heavy (non-hydrogen) atoms. The first kappa shape index (κ1) is 18.0. The van der Waals surface area contributed by atoms with Crippen LogP contribution >= 0.6 is 22.9 Å². The van der Waals surface area contributed by atoms with Crippen LogP contribution in [0.5, 0.6) is 0 Å². The maximum absolute atomic E-state index is 13.0. The standard InChI is InChI=1S/C18H12ClFN2O3S/c19-17-13(2-1-9-21-17)22-16(23)10-25-18(24)15-8-7-14(26-15)11-3-5-12(20)6-4-11/h1-9H,10H2,(H,22,23). The summed E-state index contributed by atoms with van der Waals surface area (Å²) in [6.45, 7) is -0.451. The third-order valence-electron chi connectivity index (χ3n) is 3.30. The summed E-state index contributed by atoms with van der Waals surface area (Å²) in [5, 5.41) is 2.66. The molecule has 0 radical (unpaired) electrons. The number of benzene rings is 1. The predicted molar refractivity (Wildman–Crippen MR) is 97.9 cm³/mol. The first-order valence-corrected chi connectivity index (χ1v) is 8.65. The number of rotatable bonds is 5. The Balaban J connectivity index is 1.58. The average Bonchev–Trinajstić information content (AvgIpc) is 3.12. The van der Waals surface area contributed by atoms with Gasteiger partial charge in [0.2, 0.25) is 0 Å². The van der Waals surface area contributed by atoms with Gasteiger partial charge in [-0.25, -0.2) is 14.2 Å². The molecular formula is C18H12ClFN2O3S. The van der Waals surface area contributed by atoms with Gasteiger partial charge in [0.25, 0.3) is 5.91 Å². The zero-order chi connectivity index (χ0) is 18.5. The lowest BCUT2D eigenvalue weighted by Crippen LogP contribution is -2.20. The van der Waals surface area contributed by atoms with Crippen LogP contribution in [0.15, 0.2) is 54.7 Å². The van der Waals surface area contributed by atoms with Crippen molar-refractivity contribution in [2.75, 3.05) is 11.9 Å². The fourth-order valence-corrected chi connectivity index (χ4v) is 3.16. The highest BCUT2D eigenvalue weighted by Crippen LogP contribution is 2.28. The number of aromatic nitrogens is 1. The molecule has 1 N–H and O–H groups in total. The number of hydrogen-bond donors (Lipinski definition) is 1. The lowest BCUT2D eigenvalue weighted by atomic mass is 10.2. The van der Waals surface area contributed by atoms with Crippen molar-refractivity contribution in [1.29, 1.82) is 0 Å². The van der Waals surface area contributed by atoms with E-state index in [-0.39, 0.29) is 11.0 Å². The Hall–Kier alpha value is -2.77. The number of anilines is 1. The zero-order valence-electron chi connectivity index (χ0n) is 13.2. The molecule has 132 valence electrons. The van der Waals surface area contributed by atoms with Crippen LogP contribution in [-0.4, -0.2) is 23.5 Å². The summed E-state index contributed by atoms with van der Waals surface area (Å²) in [5.74, 6) is -1.47. The number of thiophene rings is 1. The minimum absolute atomic E-state index is 0.148. The molecule has 8 heteroatoms. The number of carbonyl (C=O) groups is 2. The smallest absolute Gasteiger partial charge is 0.348 e. The molecule has 0 saturated carbocycles. The number of amides is 1. The van der Waals surface area contributed by atoms with Crippen LogP contribution in [-0.2, 0) is 9.53 Å². The maximum Gasteiger partial charge on any atom is 0.348 e. The van der Waals surface area contributed by atoms with E-state index in [1.807, 2.05) is 0 Å². The van der Waals surface area contributed by atoms with Crippen LogP contribution in [0.4, 0.5) is 10.1 Å². The lowest BCUT2D eigenvalue weighted by molar-refractivity contribution is -0.119. The van der Waals surface area contributed by atoms with Crippen molar-refractivity contribution >= 4 is 40.5 Å². The normalized spacial score (nSPS) is 10.4. The summed E-state index contributed by atoms with van der Waals surface area (Å²) in [4.78, 5) is 28.9. The number of esters is 1. The summed E-state index contributed by atoms with van der Waals surface area (Å²) >= 11 is 7.04. The highest BCUT2D eigenvalue weighted by Gasteiger charge is 2.14. The van der Waals surface area contributed by atoms with Crippen LogP contribution in [0.3, 0.4) is 0 Å². The minimum atomic E-state index is -0.615. The third kappa shape index (κ3) is 4.44. The Morgan fingerprint density at radius 1 is 1.15 bits per heavy atom. The summed E-state index contributed by atoms with van der Waals surface area (Å²) in [5.41, 5.74) is 1.13. The molecule has 5 nitrogen and oxygen atoms in total. The van der Waals surface area contributed by atoms with Gasteiger partial charge in [0.05, 0.1) is 5.69 Å². The van der Waals surface area contributed by atoms with Gasteiger partial charge in [0, 0.05) is 11.1 Å². The molecule has 0 aliphatic heterocycles. The Labute approximate surface area is 157 Å². The number of nitrogens with zero attached hydrogens (tertiary/aromatic N) is 1. The molecule has 0 fully saturated rings. The summed E-state index contributed by atoms with van der Waals surface area (Å²) in [7, 11) is 0. The second-order valence-corrected chi connectivity index (χ2v) is 6.58. The van der Waals surface area contributed by atoms with Crippen molar-refractivity contribution in [3.8, 4) is 10.4 Å². The van der Waals surface area contributed by atoms with Gasteiger partial charge in [-0.3, -0.25) is 4.79 Å². The summed E-state index contributed by atoms with van der Waals surface area (Å²) < 4.78 is 18.0. The van der Waals surface area contributed by atoms with E-state index in [4.69, 9.17) is 16.3 Å². The fourth-order valence-electron chi connectivity index (χ4n) is 2.08. The molecule has 3 aromatic rings. The molecule has 0 saturated heterocycles. The van der Waals surface area contributed by atoms with Crippen molar-refractivity contribution in [3.05, 3.63) is 70.6 Å². The molecular weight excluding hydrogens is 379 g/mol. The molecule has 0 aliphatic carbocycles. The first-order chi connectivity index (χ1) is 12.5. The van der Waals surface area contributed by atoms with E-state index >= 15 is 0 Å². The number of hydrogen-bond acceptors (Lipinski definition) is 5. The molecule has 0 unspecified atom stereocenters. The van der Waals surface area contributed by atoms with Gasteiger partial charge < -0.3 is 10.1 Å². The second kappa shape index (κ2) is 8.07. The molecule has 3 rings (SSSR count). The molecule has 1 aromatic carbocycles. The van der Waals surface area contributed by atoms with Crippen LogP contribution < -0.4 is 5.32 Å². The molecule has 0 atom stereocenters. The Kier molecular flexibility index (Phi) is 5.60. The van der Waals surface area contributed by atoms with E-state index in [0.717, 1.165) is 10.4 Å². The SMILES string of the molecule is O=C(COC(=O)c1ccc(-c2ccc(F)cc2)s1)Nc1cccnc1Cl. The quantitative estimate of drug-likeness (QED) is 0.518.